The van der Waals surface area contributed by atoms with Gasteiger partial charge in [0.15, 0.2) is 0 Å². The lowest BCUT2D eigenvalue weighted by molar-refractivity contribution is -0.150. The molecule has 1 aromatic rings. The highest BCUT2D eigenvalue weighted by atomic mass is 32.3. The molecule has 0 aromatic heterocycles. The van der Waals surface area contributed by atoms with Crippen LogP contribution in [0.2, 0.25) is 0 Å². The lowest BCUT2D eigenvalue weighted by atomic mass is 10.2. The number of hydrogen-bond acceptors (Lipinski definition) is 5. The van der Waals surface area contributed by atoms with Gasteiger partial charge in [0, 0.05) is 16.3 Å². The summed E-state index contributed by atoms with van der Waals surface area (Å²) in [7, 11) is -2.51. The largest absolute Gasteiger partial charge is 0.443 e. The number of hydrogen-bond donors (Lipinski definition) is 0. The summed E-state index contributed by atoms with van der Waals surface area (Å²) in [5, 5.41) is 0. The fraction of sp³-hybridized carbons (Fsp3) is 0. The Morgan fingerprint density at radius 2 is 1.73 bits per heavy atom. The van der Waals surface area contributed by atoms with Crippen LogP contribution in [0.25, 0.3) is 0 Å². The molecule has 1 fully saturated rings. The van der Waals surface area contributed by atoms with E-state index >= 15 is 0 Å². The van der Waals surface area contributed by atoms with Crippen LogP contribution < -0.4 is 0 Å². The van der Waals surface area contributed by atoms with E-state index in [4.69, 9.17) is 8.37 Å². The summed E-state index contributed by atoms with van der Waals surface area (Å²) in [5.41, 5.74) is 0.815. The number of rotatable bonds is 0. The molecule has 0 N–H and O–H groups in total. The Balaban J connectivity index is 2.15. The Morgan fingerprint density at radius 1 is 1.07 bits per heavy atom. The predicted octanol–water partition coefficient (Wildman–Crippen LogP) is 1.13. The molecule has 15 heavy (non-hydrogen) atoms. The van der Waals surface area contributed by atoms with Crippen LogP contribution in [0.3, 0.4) is 0 Å². The van der Waals surface area contributed by atoms with Crippen molar-refractivity contribution in [2.24, 2.45) is 4.40 Å². The Kier molecular flexibility index (Phi) is 1.47. The highest BCUT2D eigenvalue weighted by molar-refractivity contribution is 8.26. The molecule has 2 heterocycles. The lowest BCUT2D eigenvalue weighted by Gasteiger charge is -2.26. The molecule has 5 nitrogen and oxygen atoms in total. The Bertz CT molecular complexity index is 495. The van der Waals surface area contributed by atoms with Gasteiger partial charge in [-0.15, -0.1) is 4.40 Å². The second-order valence-electron chi connectivity index (χ2n) is 2.99. The van der Waals surface area contributed by atoms with Gasteiger partial charge >= 0.3 is 11.9 Å². The van der Waals surface area contributed by atoms with E-state index in [9.17, 15) is 9.59 Å². The summed E-state index contributed by atoms with van der Waals surface area (Å²) in [6, 6.07) is 7.17. The third kappa shape index (κ3) is 1.02. The summed E-state index contributed by atoms with van der Waals surface area (Å²) >= 11 is 0. The number of carbonyl (C=O) groups is 2. The minimum atomic E-state index is -2.51. The van der Waals surface area contributed by atoms with Crippen LogP contribution in [0.5, 0.6) is 0 Å². The molecule has 2 aliphatic rings. The van der Waals surface area contributed by atoms with Gasteiger partial charge in [-0.25, -0.2) is 9.59 Å². The average molecular weight is 223 g/mol. The van der Waals surface area contributed by atoms with E-state index in [1.807, 2.05) is 12.1 Å². The van der Waals surface area contributed by atoms with Crippen molar-refractivity contribution in [1.82, 2.24) is 0 Å². The number of fused-ring (bicyclic) bond motifs is 2. The topological polar surface area (TPSA) is 65.0 Å². The second-order valence-corrected chi connectivity index (χ2v) is 4.92. The molecule has 6 heteroatoms. The zero-order chi connectivity index (χ0) is 10.5. The predicted molar refractivity (Wildman–Crippen MR) is 52.1 cm³/mol. The number of carbonyl (C=O) groups excluding carboxylic acids is 2. The maximum absolute atomic E-state index is 11.0. The fourth-order valence-corrected chi connectivity index (χ4v) is 3.31. The minimum absolute atomic E-state index is 0.657. The summed E-state index contributed by atoms with van der Waals surface area (Å²) in [5.74, 6) is -1.95. The first-order chi connectivity index (χ1) is 7.21. The van der Waals surface area contributed by atoms with Gasteiger partial charge in [-0.2, -0.15) is 0 Å². The Hall–Kier alpha value is -1.82. The van der Waals surface area contributed by atoms with Crippen LogP contribution in [0.1, 0.15) is 5.56 Å². The highest BCUT2D eigenvalue weighted by Gasteiger charge is 2.46. The molecule has 0 saturated carbocycles. The molecule has 0 amide bonds. The van der Waals surface area contributed by atoms with Crippen LogP contribution in [0.4, 0.5) is 0 Å². The molecule has 1 saturated heterocycles. The number of nitrogens with zero attached hydrogens (tertiary/aromatic N) is 1. The molecule has 2 aliphatic heterocycles. The van der Waals surface area contributed by atoms with Crippen molar-refractivity contribution in [3.05, 3.63) is 29.8 Å². The Morgan fingerprint density at radius 3 is 2.47 bits per heavy atom. The molecular weight excluding hydrogens is 218 g/mol. The van der Waals surface area contributed by atoms with E-state index in [1.165, 1.54) is 0 Å². The highest BCUT2D eigenvalue weighted by Crippen LogP contribution is 2.65. The normalized spacial score (nSPS) is 22.4. The summed E-state index contributed by atoms with van der Waals surface area (Å²) < 4.78 is 13.9. The molecule has 76 valence electrons. The first-order valence-corrected chi connectivity index (χ1v) is 5.60. The van der Waals surface area contributed by atoms with Gasteiger partial charge in [0.2, 0.25) is 0 Å². The van der Waals surface area contributed by atoms with Gasteiger partial charge in [-0.05, 0) is 6.07 Å². The van der Waals surface area contributed by atoms with Crippen molar-refractivity contribution in [1.29, 1.82) is 0 Å². The molecule has 3 rings (SSSR count). The van der Waals surface area contributed by atoms with Crippen LogP contribution in [-0.4, -0.2) is 18.2 Å². The van der Waals surface area contributed by atoms with Crippen molar-refractivity contribution < 1.29 is 18.0 Å². The Labute approximate surface area is 86.6 Å². The monoisotopic (exact) mass is 223 g/mol. The zero-order valence-corrected chi connectivity index (χ0v) is 8.19. The van der Waals surface area contributed by atoms with Crippen LogP contribution in [0.15, 0.2) is 33.6 Å². The van der Waals surface area contributed by atoms with Gasteiger partial charge in [-0.3, -0.25) is 0 Å². The van der Waals surface area contributed by atoms with Gasteiger partial charge in [0.25, 0.3) is 0 Å². The van der Waals surface area contributed by atoms with Gasteiger partial charge in [0.05, 0.1) is 6.21 Å². The molecule has 0 atom stereocenters. The molecule has 0 unspecified atom stereocenters. The SMILES string of the molecule is O=C1OS2(N=Cc3ccccc32)OC1=O. The molecule has 1 spiro atoms. The summed E-state index contributed by atoms with van der Waals surface area (Å²) in [6.45, 7) is 0. The molecule has 0 bridgehead atoms. The van der Waals surface area contributed by atoms with Gasteiger partial charge < -0.3 is 8.37 Å². The van der Waals surface area contributed by atoms with Crippen molar-refractivity contribution in [3.8, 4) is 0 Å². The average Bonchev–Trinajstić information content (AvgIpc) is 2.72. The summed E-state index contributed by atoms with van der Waals surface area (Å²) in [6.07, 6.45) is 1.55. The van der Waals surface area contributed by atoms with Crippen molar-refractivity contribution in [2.45, 2.75) is 4.90 Å². The zero-order valence-electron chi connectivity index (χ0n) is 7.38. The molecule has 0 aliphatic carbocycles. The standard InChI is InChI=1S/C9H5NO4S/c11-8-9(12)14-15(13-8)7-4-2-1-3-6(7)5-10-15/h1-5H. The van der Waals surface area contributed by atoms with Gasteiger partial charge in [0.1, 0.15) is 4.90 Å². The van der Waals surface area contributed by atoms with Gasteiger partial charge in [-0.1, -0.05) is 18.2 Å². The van der Waals surface area contributed by atoms with E-state index in [2.05, 4.69) is 4.40 Å². The van der Waals surface area contributed by atoms with E-state index in [0.29, 0.717) is 4.90 Å². The number of benzene rings is 1. The van der Waals surface area contributed by atoms with E-state index in [1.54, 1.807) is 18.3 Å². The third-order valence-corrected chi connectivity index (χ3v) is 4.14. The molecular formula is C9H5NO4S. The van der Waals surface area contributed by atoms with Crippen molar-refractivity contribution >= 4 is 28.9 Å². The maximum atomic E-state index is 11.0. The van der Waals surface area contributed by atoms with E-state index in [-0.39, 0.29) is 0 Å². The van der Waals surface area contributed by atoms with Crippen molar-refractivity contribution in [3.63, 3.8) is 0 Å². The fourth-order valence-electron chi connectivity index (χ4n) is 1.43. The van der Waals surface area contributed by atoms with Crippen LogP contribution >= 0.6 is 10.8 Å². The van der Waals surface area contributed by atoms with E-state index in [0.717, 1.165) is 5.56 Å². The first kappa shape index (κ1) is 8.49. The van der Waals surface area contributed by atoms with Crippen molar-refractivity contribution in [2.75, 3.05) is 0 Å². The van der Waals surface area contributed by atoms with E-state index < -0.39 is 22.7 Å². The first-order valence-electron chi connectivity index (χ1n) is 4.16. The molecule has 0 radical (unpaired) electrons. The molecule has 1 aromatic carbocycles. The van der Waals surface area contributed by atoms with Crippen LogP contribution in [0, 0.1) is 0 Å². The lowest BCUT2D eigenvalue weighted by Crippen LogP contribution is -2.05. The smallest absolute Gasteiger partial charge is 0.309 e. The minimum Gasteiger partial charge on any atom is -0.309 e. The third-order valence-electron chi connectivity index (χ3n) is 2.07. The quantitative estimate of drug-likeness (QED) is 0.618. The summed E-state index contributed by atoms with van der Waals surface area (Å²) in [4.78, 5) is 22.6. The maximum Gasteiger partial charge on any atom is 0.443 e. The second kappa shape index (κ2) is 2.60. The van der Waals surface area contributed by atoms with Crippen LogP contribution in [-0.2, 0) is 18.0 Å².